The fraction of sp³-hybridized carbons (Fsp3) is 0.389. The molecule has 2 aromatic rings. The van der Waals surface area contributed by atoms with E-state index in [1.54, 1.807) is 17.0 Å². The number of hydrogen-bond donors (Lipinski definition) is 0. The van der Waals surface area contributed by atoms with E-state index in [4.69, 9.17) is 27.6 Å². The number of halogens is 2. The van der Waals surface area contributed by atoms with Crippen LogP contribution in [-0.2, 0) is 17.8 Å². The van der Waals surface area contributed by atoms with Gasteiger partial charge in [0.15, 0.2) is 0 Å². The smallest absolute Gasteiger partial charge is 0.227 e. The van der Waals surface area contributed by atoms with E-state index < -0.39 is 0 Å². The molecule has 1 aromatic heterocycles. The molecule has 130 valence electrons. The van der Waals surface area contributed by atoms with Crippen LogP contribution >= 0.6 is 23.2 Å². The summed E-state index contributed by atoms with van der Waals surface area (Å²) < 4.78 is 5.61. The Morgan fingerprint density at radius 1 is 1.08 bits per heavy atom. The summed E-state index contributed by atoms with van der Waals surface area (Å²) in [6.07, 6.45) is 0.282. The van der Waals surface area contributed by atoms with Crippen molar-refractivity contribution in [3.8, 4) is 0 Å². The zero-order chi connectivity index (χ0) is 17.7. The van der Waals surface area contributed by atoms with Crippen molar-refractivity contribution in [1.29, 1.82) is 0 Å². The number of hydrogen-bond acceptors (Lipinski definition) is 3. The van der Waals surface area contributed by atoms with Gasteiger partial charge in [0.05, 0.1) is 23.0 Å². The number of carbonyl (C=O) groups is 1. The van der Waals surface area contributed by atoms with Gasteiger partial charge in [0, 0.05) is 13.1 Å². The minimum absolute atomic E-state index is 0.0318. The first-order valence-electron chi connectivity index (χ1n) is 7.77. The van der Waals surface area contributed by atoms with Crippen molar-refractivity contribution in [2.75, 3.05) is 27.2 Å². The van der Waals surface area contributed by atoms with Gasteiger partial charge < -0.3 is 14.2 Å². The van der Waals surface area contributed by atoms with E-state index in [0.717, 1.165) is 23.6 Å². The summed E-state index contributed by atoms with van der Waals surface area (Å²) in [5.74, 6) is 1.66. The van der Waals surface area contributed by atoms with Crippen molar-refractivity contribution in [2.45, 2.75) is 19.9 Å². The van der Waals surface area contributed by atoms with Gasteiger partial charge in [-0.15, -0.1) is 0 Å². The first kappa shape index (κ1) is 18.8. The van der Waals surface area contributed by atoms with Crippen molar-refractivity contribution >= 4 is 29.1 Å². The summed E-state index contributed by atoms with van der Waals surface area (Å²) in [5, 5.41) is 0.951. The van der Waals surface area contributed by atoms with Gasteiger partial charge in [-0.25, -0.2) is 0 Å². The highest BCUT2D eigenvalue weighted by Gasteiger charge is 2.17. The third kappa shape index (κ3) is 5.55. The molecule has 0 saturated carbocycles. The molecule has 0 unspecified atom stereocenters. The third-order valence-corrected chi connectivity index (χ3v) is 4.39. The van der Waals surface area contributed by atoms with Gasteiger partial charge in [-0.3, -0.25) is 4.79 Å². The Bertz CT molecular complexity index is 698. The van der Waals surface area contributed by atoms with Crippen LogP contribution in [0, 0.1) is 6.92 Å². The number of rotatable bonds is 7. The average molecular weight is 369 g/mol. The fourth-order valence-corrected chi connectivity index (χ4v) is 2.63. The normalized spacial score (nSPS) is 11.1. The summed E-state index contributed by atoms with van der Waals surface area (Å²) in [6, 6.07) is 9.09. The van der Waals surface area contributed by atoms with Crippen LogP contribution in [0.1, 0.15) is 17.1 Å². The Hall–Kier alpha value is -1.49. The lowest BCUT2D eigenvalue weighted by molar-refractivity contribution is -0.131. The molecule has 6 heteroatoms. The van der Waals surface area contributed by atoms with E-state index in [2.05, 4.69) is 0 Å². The second kappa shape index (κ2) is 8.56. The molecule has 1 amide bonds. The maximum absolute atomic E-state index is 12.7. The summed E-state index contributed by atoms with van der Waals surface area (Å²) in [5.41, 5.74) is 0.847. The van der Waals surface area contributed by atoms with Crippen LogP contribution in [-0.4, -0.2) is 42.9 Å². The Labute approximate surface area is 152 Å². The van der Waals surface area contributed by atoms with Crippen LogP contribution in [0.3, 0.4) is 0 Å². The van der Waals surface area contributed by atoms with E-state index in [1.165, 1.54) is 0 Å². The monoisotopic (exact) mass is 368 g/mol. The molecule has 0 aliphatic heterocycles. The Morgan fingerprint density at radius 3 is 2.42 bits per heavy atom. The molecule has 0 saturated heterocycles. The van der Waals surface area contributed by atoms with E-state index in [1.807, 2.05) is 44.1 Å². The third-order valence-electron chi connectivity index (χ3n) is 3.65. The van der Waals surface area contributed by atoms with Gasteiger partial charge in [-0.05, 0) is 50.8 Å². The standard InChI is InChI=1S/C18H22Cl2N2O2/c1-13-4-6-15(24-13)12-22(9-8-21(2)3)18(23)11-14-5-7-16(19)17(20)10-14/h4-7,10H,8-9,11-12H2,1-3H3. The predicted octanol–water partition coefficient (Wildman–Crippen LogP) is 4.03. The van der Waals surface area contributed by atoms with Gasteiger partial charge >= 0.3 is 0 Å². The fourth-order valence-electron chi connectivity index (χ4n) is 2.31. The van der Waals surface area contributed by atoms with Crippen LogP contribution in [0.4, 0.5) is 0 Å². The summed E-state index contributed by atoms with van der Waals surface area (Å²) in [6.45, 7) is 3.77. The number of benzene rings is 1. The molecule has 1 heterocycles. The van der Waals surface area contributed by atoms with E-state index in [-0.39, 0.29) is 12.3 Å². The molecular weight excluding hydrogens is 347 g/mol. The van der Waals surface area contributed by atoms with Gasteiger partial charge in [-0.2, -0.15) is 0 Å². The summed E-state index contributed by atoms with van der Waals surface area (Å²) >= 11 is 12.0. The van der Waals surface area contributed by atoms with E-state index in [0.29, 0.717) is 23.1 Å². The second-order valence-electron chi connectivity index (χ2n) is 6.06. The molecule has 2 rings (SSSR count). The molecule has 0 fully saturated rings. The highest BCUT2D eigenvalue weighted by Crippen LogP contribution is 2.23. The maximum atomic E-state index is 12.7. The molecule has 4 nitrogen and oxygen atoms in total. The van der Waals surface area contributed by atoms with Gasteiger partial charge in [0.1, 0.15) is 11.5 Å². The highest BCUT2D eigenvalue weighted by molar-refractivity contribution is 6.42. The van der Waals surface area contributed by atoms with Crippen LogP contribution in [0.2, 0.25) is 10.0 Å². The molecule has 0 bridgehead atoms. The number of likely N-dealkylation sites (N-methyl/N-ethyl adjacent to an activating group) is 1. The Morgan fingerprint density at radius 2 is 1.83 bits per heavy atom. The average Bonchev–Trinajstić information content (AvgIpc) is 2.92. The van der Waals surface area contributed by atoms with Crippen LogP contribution in [0.5, 0.6) is 0 Å². The van der Waals surface area contributed by atoms with Crippen molar-refractivity contribution in [1.82, 2.24) is 9.80 Å². The lowest BCUT2D eigenvalue weighted by Gasteiger charge is -2.23. The van der Waals surface area contributed by atoms with Gasteiger partial charge in [0.25, 0.3) is 0 Å². The minimum atomic E-state index is 0.0318. The SMILES string of the molecule is Cc1ccc(CN(CCN(C)C)C(=O)Cc2ccc(Cl)c(Cl)c2)o1. The zero-order valence-corrected chi connectivity index (χ0v) is 15.7. The van der Waals surface area contributed by atoms with Crippen LogP contribution in [0.25, 0.3) is 0 Å². The lowest BCUT2D eigenvalue weighted by atomic mass is 10.1. The first-order chi connectivity index (χ1) is 11.3. The Balaban J connectivity index is 2.08. The van der Waals surface area contributed by atoms with Crippen molar-refractivity contribution in [2.24, 2.45) is 0 Å². The minimum Gasteiger partial charge on any atom is -0.464 e. The number of nitrogens with zero attached hydrogens (tertiary/aromatic N) is 2. The van der Waals surface area contributed by atoms with Gasteiger partial charge in [0.2, 0.25) is 5.91 Å². The summed E-state index contributed by atoms with van der Waals surface area (Å²) in [7, 11) is 3.97. The Kier molecular flexibility index (Phi) is 6.72. The molecule has 0 atom stereocenters. The first-order valence-corrected chi connectivity index (χ1v) is 8.52. The molecule has 24 heavy (non-hydrogen) atoms. The predicted molar refractivity (Wildman–Crippen MR) is 97.6 cm³/mol. The maximum Gasteiger partial charge on any atom is 0.227 e. The largest absolute Gasteiger partial charge is 0.464 e. The van der Waals surface area contributed by atoms with Crippen molar-refractivity contribution < 1.29 is 9.21 Å². The van der Waals surface area contributed by atoms with Crippen LogP contribution < -0.4 is 0 Å². The molecule has 0 aliphatic carbocycles. The topological polar surface area (TPSA) is 36.7 Å². The number of furan rings is 1. The second-order valence-corrected chi connectivity index (χ2v) is 6.87. The zero-order valence-electron chi connectivity index (χ0n) is 14.2. The molecular formula is C18H22Cl2N2O2. The molecule has 0 aliphatic rings. The number of aryl methyl sites for hydroxylation is 1. The van der Waals surface area contributed by atoms with Crippen LogP contribution in [0.15, 0.2) is 34.7 Å². The number of amides is 1. The lowest BCUT2D eigenvalue weighted by Crippen LogP contribution is -2.37. The molecule has 1 aromatic carbocycles. The highest BCUT2D eigenvalue weighted by atomic mass is 35.5. The molecule has 0 N–H and O–H groups in total. The molecule has 0 spiro atoms. The summed E-state index contributed by atoms with van der Waals surface area (Å²) in [4.78, 5) is 16.6. The van der Waals surface area contributed by atoms with Crippen molar-refractivity contribution in [3.63, 3.8) is 0 Å². The van der Waals surface area contributed by atoms with Crippen molar-refractivity contribution in [3.05, 3.63) is 57.5 Å². The van der Waals surface area contributed by atoms with E-state index >= 15 is 0 Å². The number of carbonyl (C=O) groups excluding carboxylic acids is 1. The molecule has 0 radical (unpaired) electrons. The quantitative estimate of drug-likeness (QED) is 0.740. The van der Waals surface area contributed by atoms with E-state index in [9.17, 15) is 4.79 Å². The van der Waals surface area contributed by atoms with Gasteiger partial charge in [-0.1, -0.05) is 29.3 Å².